The van der Waals surface area contributed by atoms with Gasteiger partial charge in [-0.05, 0) is 54.7 Å². The summed E-state index contributed by atoms with van der Waals surface area (Å²) in [7, 11) is 1.40. The SMILES string of the molecule is CCc1cnc(N2CCC(c3nc4cc(-c5ccc(SOOC)cc5F)ccc4o3)CC2)nc1. The minimum absolute atomic E-state index is 0.232. The smallest absolute Gasteiger partial charge is 0.225 e. The van der Waals surface area contributed by atoms with Crippen LogP contribution >= 0.6 is 12.0 Å². The first-order chi connectivity index (χ1) is 16.6. The van der Waals surface area contributed by atoms with Crippen LogP contribution in [-0.4, -0.2) is 35.2 Å². The van der Waals surface area contributed by atoms with Crippen molar-refractivity contribution in [3.05, 3.63) is 66.1 Å². The third kappa shape index (κ3) is 4.77. The Balaban J connectivity index is 1.29. The van der Waals surface area contributed by atoms with Crippen LogP contribution in [0.4, 0.5) is 10.3 Å². The van der Waals surface area contributed by atoms with Gasteiger partial charge in [0.15, 0.2) is 11.5 Å². The molecule has 3 heterocycles. The summed E-state index contributed by atoms with van der Waals surface area (Å²) >= 11 is 0.960. The Labute approximate surface area is 201 Å². The maximum absolute atomic E-state index is 14.7. The van der Waals surface area contributed by atoms with Crippen LogP contribution in [0.1, 0.15) is 37.1 Å². The molecule has 0 radical (unpaired) electrons. The Morgan fingerprint density at radius 1 is 1.12 bits per heavy atom. The van der Waals surface area contributed by atoms with E-state index in [1.54, 1.807) is 12.1 Å². The first-order valence-electron chi connectivity index (χ1n) is 11.3. The van der Waals surface area contributed by atoms with Crippen molar-refractivity contribution >= 4 is 29.1 Å². The quantitative estimate of drug-likeness (QED) is 0.182. The van der Waals surface area contributed by atoms with Gasteiger partial charge in [-0.2, -0.15) is 4.33 Å². The van der Waals surface area contributed by atoms with Crippen LogP contribution in [0.2, 0.25) is 0 Å². The third-order valence-electron chi connectivity index (χ3n) is 6.08. The monoisotopic (exact) mass is 480 g/mol. The summed E-state index contributed by atoms with van der Waals surface area (Å²) in [6.45, 7) is 3.79. The summed E-state index contributed by atoms with van der Waals surface area (Å²) in [5.74, 6) is 1.40. The van der Waals surface area contributed by atoms with Crippen LogP contribution in [0.15, 0.2) is 58.1 Å². The van der Waals surface area contributed by atoms with E-state index in [4.69, 9.17) is 13.7 Å². The molecule has 0 atom stereocenters. The van der Waals surface area contributed by atoms with Gasteiger partial charge in [-0.1, -0.05) is 19.1 Å². The van der Waals surface area contributed by atoms with Gasteiger partial charge in [0, 0.05) is 41.9 Å². The molecule has 0 spiro atoms. The zero-order valence-corrected chi connectivity index (χ0v) is 19.8. The summed E-state index contributed by atoms with van der Waals surface area (Å²) in [4.78, 5) is 21.1. The highest BCUT2D eigenvalue weighted by Crippen LogP contribution is 2.34. The lowest BCUT2D eigenvalue weighted by molar-refractivity contribution is -0.160. The molecule has 176 valence electrons. The number of rotatable bonds is 7. The van der Waals surface area contributed by atoms with Gasteiger partial charge in [0.05, 0.1) is 19.2 Å². The molecule has 2 aromatic carbocycles. The molecule has 0 saturated carbocycles. The average molecular weight is 481 g/mol. The van der Waals surface area contributed by atoms with Crippen LogP contribution in [-0.2, 0) is 15.6 Å². The molecule has 1 aliphatic rings. The predicted molar refractivity (Wildman–Crippen MR) is 129 cm³/mol. The molecule has 2 aromatic heterocycles. The second-order valence-electron chi connectivity index (χ2n) is 8.20. The van der Waals surface area contributed by atoms with E-state index in [0.29, 0.717) is 16.0 Å². The third-order valence-corrected chi connectivity index (χ3v) is 6.73. The fourth-order valence-electron chi connectivity index (χ4n) is 4.16. The Hall–Kier alpha value is -3.01. The highest BCUT2D eigenvalue weighted by Gasteiger charge is 2.26. The highest BCUT2D eigenvalue weighted by molar-refractivity contribution is 7.94. The van der Waals surface area contributed by atoms with E-state index in [9.17, 15) is 4.39 Å². The number of benzene rings is 2. The molecular weight excluding hydrogens is 455 g/mol. The Morgan fingerprint density at radius 2 is 1.91 bits per heavy atom. The zero-order chi connectivity index (χ0) is 23.5. The maximum atomic E-state index is 14.7. The molecule has 0 amide bonds. The maximum Gasteiger partial charge on any atom is 0.225 e. The largest absolute Gasteiger partial charge is 0.440 e. The number of anilines is 1. The van der Waals surface area contributed by atoms with Gasteiger partial charge in [0.25, 0.3) is 0 Å². The van der Waals surface area contributed by atoms with Gasteiger partial charge in [-0.15, -0.1) is 0 Å². The molecular formula is C25H25FN4O3S. The Bertz CT molecular complexity index is 1270. The van der Waals surface area contributed by atoms with Crippen molar-refractivity contribution in [2.24, 2.45) is 0 Å². The van der Waals surface area contributed by atoms with Crippen LogP contribution in [0.25, 0.3) is 22.2 Å². The van der Waals surface area contributed by atoms with Crippen molar-refractivity contribution in [3.63, 3.8) is 0 Å². The molecule has 0 unspecified atom stereocenters. The molecule has 0 N–H and O–H groups in total. The first kappa shape index (κ1) is 22.8. The van der Waals surface area contributed by atoms with Gasteiger partial charge in [0.2, 0.25) is 5.95 Å². The molecule has 1 aliphatic heterocycles. The molecule has 0 aliphatic carbocycles. The fraction of sp³-hybridized carbons (Fsp3) is 0.320. The molecule has 7 nitrogen and oxygen atoms in total. The fourth-order valence-corrected chi connectivity index (χ4v) is 4.58. The number of halogens is 1. The van der Waals surface area contributed by atoms with E-state index in [1.165, 1.54) is 13.2 Å². The normalized spacial score (nSPS) is 14.7. The lowest BCUT2D eigenvalue weighted by Crippen LogP contribution is -2.34. The second kappa shape index (κ2) is 10.1. The Kier molecular flexibility index (Phi) is 6.75. The molecule has 9 heteroatoms. The van der Waals surface area contributed by atoms with Crippen molar-refractivity contribution in [3.8, 4) is 11.1 Å². The van der Waals surface area contributed by atoms with E-state index < -0.39 is 0 Å². The van der Waals surface area contributed by atoms with Crippen LogP contribution in [0.3, 0.4) is 0 Å². The minimum atomic E-state index is -0.339. The Morgan fingerprint density at radius 3 is 2.62 bits per heavy atom. The molecule has 5 rings (SSSR count). The highest BCUT2D eigenvalue weighted by atomic mass is 32.2. The van der Waals surface area contributed by atoms with E-state index >= 15 is 0 Å². The molecule has 1 fully saturated rings. The number of oxazole rings is 1. The number of hydrogen-bond acceptors (Lipinski definition) is 8. The van der Waals surface area contributed by atoms with Gasteiger partial charge < -0.3 is 9.32 Å². The van der Waals surface area contributed by atoms with E-state index in [1.807, 2.05) is 30.6 Å². The number of nitrogens with zero attached hydrogens (tertiary/aromatic N) is 4. The average Bonchev–Trinajstić information content (AvgIpc) is 3.31. The van der Waals surface area contributed by atoms with Gasteiger partial charge >= 0.3 is 0 Å². The summed E-state index contributed by atoms with van der Waals surface area (Å²) in [5.41, 5.74) is 3.82. The van der Waals surface area contributed by atoms with E-state index in [-0.39, 0.29) is 11.7 Å². The summed E-state index contributed by atoms with van der Waals surface area (Å²) < 4.78 is 25.6. The van der Waals surface area contributed by atoms with Crippen LogP contribution in [0, 0.1) is 5.82 Å². The summed E-state index contributed by atoms with van der Waals surface area (Å²) in [6.07, 6.45) is 6.55. The lowest BCUT2D eigenvalue weighted by Gasteiger charge is -2.30. The number of aromatic nitrogens is 3. The zero-order valence-electron chi connectivity index (χ0n) is 19.0. The molecule has 4 aromatic rings. The minimum Gasteiger partial charge on any atom is -0.440 e. The number of piperidine rings is 1. The molecule has 0 bridgehead atoms. The number of fused-ring (bicyclic) bond motifs is 1. The number of aryl methyl sites for hydroxylation is 1. The first-order valence-corrected chi connectivity index (χ1v) is 12.0. The standard InChI is InChI=1S/C25H25FN4O3S/c1-3-16-14-27-25(28-15-16)30-10-8-17(9-11-30)24-29-22-12-18(4-7-23(22)32-24)20-6-5-19(13-21(20)26)34-33-31-2/h4-7,12-15,17H,3,8-11H2,1-2H3. The van der Waals surface area contributed by atoms with Crippen LogP contribution in [0.5, 0.6) is 0 Å². The predicted octanol–water partition coefficient (Wildman–Crippen LogP) is 5.96. The lowest BCUT2D eigenvalue weighted by atomic mass is 9.97. The topological polar surface area (TPSA) is 73.5 Å². The van der Waals surface area contributed by atoms with Gasteiger partial charge in [-0.25, -0.2) is 24.2 Å². The van der Waals surface area contributed by atoms with Crippen molar-refractivity contribution < 1.29 is 18.0 Å². The number of hydrogen-bond donors (Lipinski definition) is 0. The van der Waals surface area contributed by atoms with Crippen LogP contribution < -0.4 is 4.90 Å². The second-order valence-corrected chi connectivity index (χ2v) is 8.97. The molecule has 34 heavy (non-hydrogen) atoms. The molecule has 1 saturated heterocycles. The summed E-state index contributed by atoms with van der Waals surface area (Å²) in [5, 5.41) is 0. The van der Waals surface area contributed by atoms with E-state index in [0.717, 1.165) is 72.9 Å². The van der Waals surface area contributed by atoms with Crippen molar-refractivity contribution in [1.82, 2.24) is 15.0 Å². The van der Waals surface area contributed by atoms with Gasteiger partial charge in [0.1, 0.15) is 11.3 Å². The van der Waals surface area contributed by atoms with Crippen molar-refractivity contribution in [1.29, 1.82) is 0 Å². The van der Waals surface area contributed by atoms with Crippen molar-refractivity contribution in [2.75, 3.05) is 25.1 Å². The van der Waals surface area contributed by atoms with E-state index in [2.05, 4.69) is 26.7 Å². The summed E-state index contributed by atoms with van der Waals surface area (Å²) in [6, 6.07) is 10.5. The van der Waals surface area contributed by atoms with Crippen molar-refractivity contribution in [2.45, 2.75) is 37.0 Å². The van der Waals surface area contributed by atoms with Gasteiger partial charge in [-0.3, -0.25) is 0 Å².